The van der Waals surface area contributed by atoms with Crippen LogP contribution in [0.1, 0.15) is 39.0 Å². The zero-order valence-corrected chi connectivity index (χ0v) is 12.0. The van der Waals surface area contributed by atoms with E-state index in [2.05, 4.69) is 17.6 Å². The van der Waals surface area contributed by atoms with Gasteiger partial charge < -0.3 is 20.5 Å². The summed E-state index contributed by atoms with van der Waals surface area (Å²) < 4.78 is 5.38. The molecule has 0 radical (unpaired) electrons. The lowest BCUT2D eigenvalue weighted by molar-refractivity contribution is -0.148. The highest BCUT2D eigenvalue weighted by Gasteiger charge is 2.45. The van der Waals surface area contributed by atoms with Crippen LogP contribution in [0.15, 0.2) is 0 Å². The van der Waals surface area contributed by atoms with Crippen molar-refractivity contribution in [1.82, 2.24) is 10.6 Å². The zero-order chi connectivity index (χ0) is 14.6. The molecule has 0 spiro atoms. The SMILES string of the molecule is CCCNC1COCC1C(=O)NC1(C(=O)O)CCCC1. The van der Waals surface area contributed by atoms with Crippen molar-refractivity contribution in [2.75, 3.05) is 19.8 Å². The molecular weight excluding hydrogens is 260 g/mol. The number of aliphatic carboxylic acids is 1. The number of hydrogen-bond donors (Lipinski definition) is 3. The number of carboxylic acid groups (broad SMARTS) is 1. The van der Waals surface area contributed by atoms with Gasteiger partial charge in [-0.2, -0.15) is 0 Å². The fourth-order valence-corrected chi connectivity index (χ4v) is 3.04. The maximum absolute atomic E-state index is 12.4. The third-order valence-electron chi connectivity index (χ3n) is 4.30. The van der Waals surface area contributed by atoms with Crippen LogP contribution in [-0.4, -0.2) is 48.3 Å². The van der Waals surface area contributed by atoms with E-state index in [-0.39, 0.29) is 17.9 Å². The van der Waals surface area contributed by atoms with Crippen molar-refractivity contribution < 1.29 is 19.4 Å². The predicted octanol–water partition coefficient (Wildman–Crippen LogP) is 0.515. The van der Waals surface area contributed by atoms with Gasteiger partial charge >= 0.3 is 5.97 Å². The minimum absolute atomic E-state index is 0.0119. The molecule has 1 saturated heterocycles. The van der Waals surface area contributed by atoms with Gasteiger partial charge in [-0.25, -0.2) is 4.79 Å². The van der Waals surface area contributed by atoms with E-state index < -0.39 is 11.5 Å². The lowest BCUT2D eigenvalue weighted by Crippen LogP contribution is -2.56. The smallest absolute Gasteiger partial charge is 0.329 e. The maximum atomic E-state index is 12.4. The van der Waals surface area contributed by atoms with Gasteiger partial charge in [-0.15, -0.1) is 0 Å². The highest BCUT2D eigenvalue weighted by atomic mass is 16.5. The molecule has 2 aliphatic rings. The molecule has 1 amide bonds. The number of nitrogens with one attached hydrogen (secondary N) is 2. The Hall–Kier alpha value is -1.14. The molecule has 114 valence electrons. The molecule has 2 rings (SSSR count). The van der Waals surface area contributed by atoms with Crippen LogP contribution in [0.5, 0.6) is 0 Å². The van der Waals surface area contributed by atoms with E-state index in [4.69, 9.17) is 4.74 Å². The van der Waals surface area contributed by atoms with Gasteiger partial charge in [0.05, 0.1) is 19.1 Å². The number of hydrogen-bond acceptors (Lipinski definition) is 4. The monoisotopic (exact) mass is 284 g/mol. The van der Waals surface area contributed by atoms with Gasteiger partial charge in [0, 0.05) is 6.04 Å². The second-order valence-electron chi connectivity index (χ2n) is 5.79. The van der Waals surface area contributed by atoms with E-state index >= 15 is 0 Å². The summed E-state index contributed by atoms with van der Waals surface area (Å²) in [6.07, 6.45) is 3.74. The van der Waals surface area contributed by atoms with E-state index in [1.54, 1.807) is 0 Å². The van der Waals surface area contributed by atoms with Crippen molar-refractivity contribution in [3.63, 3.8) is 0 Å². The van der Waals surface area contributed by atoms with Crippen LogP contribution in [0.2, 0.25) is 0 Å². The van der Waals surface area contributed by atoms with Crippen LogP contribution >= 0.6 is 0 Å². The molecule has 2 atom stereocenters. The largest absolute Gasteiger partial charge is 0.480 e. The second kappa shape index (κ2) is 6.54. The first-order valence-corrected chi connectivity index (χ1v) is 7.45. The summed E-state index contributed by atoms with van der Waals surface area (Å²) >= 11 is 0. The first-order valence-electron chi connectivity index (χ1n) is 7.45. The van der Waals surface area contributed by atoms with Gasteiger partial charge in [0.1, 0.15) is 5.54 Å². The van der Waals surface area contributed by atoms with Gasteiger partial charge in [0.2, 0.25) is 5.91 Å². The van der Waals surface area contributed by atoms with E-state index in [1.807, 2.05) is 0 Å². The van der Waals surface area contributed by atoms with Crippen LogP contribution in [0.4, 0.5) is 0 Å². The molecule has 1 aliphatic heterocycles. The van der Waals surface area contributed by atoms with Gasteiger partial charge in [0.25, 0.3) is 0 Å². The highest BCUT2D eigenvalue weighted by Crippen LogP contribution is 2.30. The molecule has 6 nitrogen and oxygen atoms in total. The third-order valence-corrected chi connectivity index (χ3v) is 4.30. The molecule has 20 heavy (non-hydrogen) atoms. The van der Waals surface area contributed by atoms with E-state index in [0.717, 1.165) is 25.8 Å². The molecule has 3 N–H and O–H groups in total. The van der Waals surface area contributed by atoms with E-state index in [9.17, 15) is 14.7 Å². The molecule has 0 aromatic heterocycles. The van der Waals surface area contributed by atoms with Gasteiger partial charge in [0.15, 0.2) is 0 Å². The molecule has 2 fully saturated rings. The molecule has 6 heteroatoms. The van der Waals surface area contributed by atoms with Gasteiger partial charge in [-0.3, -0.25) is 4.79 Å². The predicted molar refractivity (Wildman–Crippen MR) is 73.4 cm³/mol. The Morgan fingerprint density at radius 3 is 2.60 bits per heavy atom. The minimum atomic E-state index is -1.06. The summed E-state index contributed by atoms with van der Waals surface area (Å²) in [5.41, 5.74) is -1.06. The van der Waals surface area contributed by atoms with Crippen molar-refractivity contribution in [2.45, 2.75) is 50.6 Å². The molecule has 0 aromatic carbocycles. The summed E-state index contributed by atoms with van der Waals surface area (Å²) in [5.74, 6) is -1.40. The highest BCUT2D eigenvalue weighted by molar-refractivity contribution is 5.88. The van der Waals surface area contributed by atoms with Crippen LogP contribution in [0.3, 0.4) is 0 Å². The Morgan fingerprint density at radius 1 is 1.30 bits per heavy atom. The Kier molecular flexibility index (Phi) is 4.99. The molecule has 1 saturated carbocycles. The van der Waals surface area contributed by atoms with E-state index in [0.29, 0.717) is 26.1 Å². The zero-order valence-electron chi connectivity index (χ0n) is 12.0. The quantitative estimate of drug-likeness (QED) is 0.661. The molecule has 2 unspecified atom stereocenters. The van der Waals surface area contributed by atoms with Crippen LogP contribution in [-0.2, 0) is 14.3 Å². The fourth-order valence-electron chi connectivity index (χ4n) is 3.04. The molecule has 1 heterocycles. The average Bonchev–Trinajstić information content (AvgIpc) is 3.05. The molecule has 1 aliphatic carbocycles. The first kappa shape index (κ1) is 15.3. The number of amides is 1. The summed E-state index contributed by atoms with van der Waals surface area (Å²) in [4.78, 5) is 23.9. The number of carbonyl (C=O) groups excluding carboxylic acids is 1. The molecule has 0 bridgehead atoms. The number of carbonyl (C=O) groups is 2. The van der Waals surface area contributed by atoms with Crippen LogP contribution in [0, 0.1) is 5.92 Å². The Bertz CT molecular complexity index is 366. The first-order chi connectivity index (χ1) is 9.59. The number of rotatable bonds is 6. The van der Waals surface area contributed by atoms with Crippen molar-refractivity contribution in [1.29, 1.82) is 0 Å². The standard InChI is InChI=1S/C14H24N2O4/c1-2-7-15-11-9-20-8-10(11)12(17)16-14(13(18)19)5-3-4-6-14/h10-11,15H,2-9H2,1H3,(H,16,17)(H,18,19). The lowest BCUT2D eigenvalue weighted by Gasteiger charge is -2.28. The summed E-state index contributed by atoms with van der Waals surface area (Å²) in [7, 11) is 0. The van der Waals surface area contributed by atoms with Crippen molar-refractivity contribution in [3.8, 4) is 0 Å². The Morgan fingerprint density at radius 2 is 2.00 bits per heavy atom. The second-order valence-corrected chi connectivity index (χ2v) is 5.79. The topological polar surface area (TPSA) is 87.7 Å². The number of carboxylic acids is 1. The normalized spacial score (nSPS) is 28.4. The number of ether oxygens (including phenoxy) is 1. The molecule has 0 aromatic rings. The summed E-state index contributed by atoms with van der Waals surface area (Å²) in [6, 6.07) is -0.0119. The third kappa shape index (κ3) is 3.12. The van der Waals surface area contributed by atoms with Crippen molar-refractivity contribution in [2.24, 2.45) is 5.92 Å². The summed E-state index contributed by atoms with van der Waals surface area (Å²) in [5, 5.41) is 15.5. The molecular formula is C14H24N2O4. The van der Waals surface area contributed by atoms with Crippen LogP contribution in [0.25, 0.3) is 0 Å². The maximum Gasteiger partial charge on any atom is 0.329 e. The van der Waals surface area contributed by atoms with Crippen molar-refractivity contribution >= 4 is 11.9 Å². The summed E-state index contributed by atoms with van der Waals surface area (Å²) in [6.45, 7) is 3.78. The minimum Gasteiger partial charge on any atom is -0.480 e. The lowest BCUT2D eigenvalue weighted by atomic mass is 9.95. The Balaban J connectivity index is 1.97. The van der Waals surface area contributed by atoms with E-state index in [1.165, 1.54) is 0 Å². The average molecular weight is 284 g/mol. The van der Waals surface area contributed by atoms with Crippen molar-refractivity contribution in [3.05, 3.63) is 0 Å². The van der Waals surface area contributed by atoms with Gasteiger partial charge in [-0.05, 0) is 25.8 Å². The fraction of sp³-hybridized carbons (Fsp3) is 0.857. The van der Waals surface area contributed by atoms with Crippen LogP contribution < -0.4 is 10.6 Å². The van der Waals surface area contributed by atoms with Gasteiger partial charge in [-0.1, -0.05) is 19.8 Å². The Labute approximate surface area is 119 Å².